The maximum absolute atomic E-state index is 12.2. The molecule has 0 heterocycles. The van der Waals surface area contributed by atoms with Gasteiger partial charge in [-0.15, -0.1) is 0 Å². The van der Waals surface area contributed by atoms with Crippen LogP contribution in [0.1, 0.15) is 12.8 Å². The minimum Gasteiger partial charge on any atom is -0.495 e. The first kappa shape index (κ1) is 26.4. The minimum atomic E-state index is -0.682. The van der Waals surface area contributed by atoms with Gasteiger partial charge in [-0.25, -0.2) is 0 Å². The predicted molar refractivity (Wildman–Crippen MR) is 135 cm³/mol. The number of benzene rings is 3. The molecule has 0 atom stereocenters. The van der Waals surface area contributed by atoms with Crippen LogP contribution in [0, 0.1) is 0 Å². The van der Waals surface area contributed by atoms with E-state index in [9.17, 15) is 14.4 Å². The summed E-state index contributed by atoms with van der Waals surface area (Å²) in [5.41, 5.74) is 0.889. The van der Waals surface area contributed by atoms with E-state index in [4.69, 9.17) is 30.5 Å². The summed E-state index contributed by atoms with van der Waals surface area (Å²) in [6, 6.07) is 18.7. The van der Waals surface area contributed by atoms with E-state index in [-0.39, 0.29) is 18.7 Å². The Kier molecular flexibility index (Phi) is 9.53. The van der Waals surface area contributed by atoms with Crippen molar-refractivity contribution in [2.24, 2.45) is 0 Å². The summed E-state index contributed by atoms with van der Waals surface area (Å²) < 4.78 is 21.1. The molecule has 0 spiro atoms. The lowest BCUT2D eigenvalue weighted by Crippen LogP contribution is -2.22. The van der Waals surface area contributed by atoms with Gasteiger partial charge in [-0.2, -0.15) is 0 Å². The molecule has 0 fully saturated rings. The van der Waals surface area contributed by atoms with Crippen LogP contribution in [-0.4, -0.2) is 38.6 Å². The molecule has 0 unspecified atom stereocenters. The third-order valence-corrected chi connectivity index (χ3v) is 5.03. The molecule has 3 rings (SSSR count). The van der Waals surface area contributed by atoms with Crippen LogP contribution in [0.25, 0.3) is 0 Å². The van der Waals surface area contributed by atoms with Gasteiger partial charge in [-0.1, -0.05) is 23.7 Å². The summed E-state index contributed by atoms with van der Waals surface area (Å²) >= 11 is 5.92. The number of carbonyl (C=O) groups is 3. The van der Waals surface area contributed by atoms with Gasteiger partial charge in [0, 0.05) is 17.1 Å². The molecule has 2 N–H and O–H groups in total. The number of amides is 2. The van der Waals surface area contributed by atoms with Crippen molar-refractivity contribution < 1.29 is 33.3 Å². The second kappa shape index (κ2) is 13.0. The number of hydrogen-bond donors (Lipinski definition) is 2. The molecule has 188 valence electrons. The van der Waals surface area contributed by atoms with Crippen molar-refractivity contribution in [3.8, 4) is 23.0 Å². The predicted octanol–water partition coefficient (Wildman–Crippen LogP) is 5.05. The second-order valence-electron chi connectivity index (χ2n) is 7.38. The Morgan fingerprint density at radius 3 is 2.17 bits per heavy atom. The van der Waals surface area contributed by atoms with E-state index in [1.807, 2.05) is 12.1 Å². The third kappa shape index (κ3) is 7.92. The Labute approximate surface area is 213 Å². The standard InChI is InChI=1S/C26H25ClN2O7/c1-33-21-12-7-17(27)15-20(21)29-25(31)16-35-26(32)14-13-24(30)28-18-8-10-19(11-9-18)36-23-6-4-3-5-22(23)34-2/h3-12,15H,13-14,16H2,1-2H3,(H,28,30)(H,29,31). The van der Waals surface area contributed by atoms with E-state index in [2.05, 4.69) is 10.6 Å². The molecule has 0 saturated heterocycles. The molecule has 0 aliphatic heterocycles. The summed E-state index contributed by atoms with van der Waals surface area (Å²) in [6.07, 6.45) is -0.295. The Morgan fingerprint density at radius 1 is 0.778 bits per heavy atom. The highest BCUT2D eigenvalue weighted by molar-refractivity contribution is 6.31. The quantitative estimate of drug-likeness (QED) is 0.346. The number of nitrogens with one attached hydrogen (secondary N) is 2. The first-order valence-electron chi connectivity index (χ1n) is 10.9. The van der Waals surface area contributed by atoms with Gasteiger partial charge >= 0.3 is 5.97 Å². The van der Waals surface area contributed by atoms with E-state index in [1.165, 1.54) is 13.2 Å². The Hall–Kier alpha value is -4.24. The molecule has 0 aromatic heterocycles. The van der Waals surface area contributed by atoms with Gasteiger partial charge in [-0.3, -0.25) is 14.4 Å². The molecule has 0 radical (unpaired) electrons. The number of ether oxygens (including phenoxy) is 4. The molecule has 0 aliphatic rings. The second-order valence-corrected chi connectivity index (χ2v) is 7.82. The van der Waals surface area contributed by atoms with Crippen molar-refractivity contribution in [3.63, 3.8) is 0 Å². The normalized spacial score (nSPS) is 10.2. The lowest BCUT2D eigenvalue weighted by atomic mass is 10.2. The number of halogens is 1. The van der Waals surface area contributed by atoms with Gasteiger partial charge in [0.15, 0.2) is 18.1 Å². The SMILES string of the molecule is COc1ccc(Cl)cc1NC(=O)COC(=O)CCC(=O)Nc1ccc(Oc2ccccc2OC)cc1. The molecule has 3 aromatic carbocycles. The average Bonchev–Trinajstić information content (AvgIpc) is 2.88. The van der Waals surface area contributed by atoms with Gasteiger partial charge in [0.05, 0.1) is 26.3 Å². The lowest BCUT2D eigenvalue weighted by Gasteiger charge is -2.11. The monoisotopic (exact) mass is 512 g/mol. The fraction of sp³-hybridized carbons (Fsp3) is 0.192. The van der Waals surface area contributed by atoms with Gasteiger partial charge in [0.25, 0.3) is 5.91 Å². The zero-order chi connectivity index (χ0) is 25.9. The summed E-state index contributed by atoms with van der Waals surface area (Å²) in [5.74, 6) is 0.519. The van der Waals surface area contributed by atoms with Crippen LogP contribution < -0.4 is 24.8 Å². The van der Waals surface area contributed by atoms with Crippen LogP contribution in [0.2, 0.25) is 5.02 Å². The molecule has 36 heavy (non-hydrogen) atoms. The number of carbonyl (C=O) groups excluding carboxylic acids is 3. The Bertz CT molecular complexity index is 1220. The number of methoxy groups -OCH3 is 2. The van der Waals surface area contributed by atoms with E-state index in [1.54, 1.807) is 55.6 Å². The van der Waals surface area contributed by atoms with Gasteiger partial charge in [0.1, 0.15) is 11.5 Å². The van der Waals surface area contributed by atoms with E-state index < -0.39 is 18.5 Å². The largest absolute Gasteiger partial charge is 0.495 e. The van der Waals surface area contributed by atoms with Gasteiger partial charge in [-0.05, 0) is 54.6 Å². The van der Waals surface area contributed by atoms with Crippen molar-refractivity contribution in [3.05, 3.63) is 71.8 Å². The maximum atomic E-state index is 12.2. The number of esters is 1. The van der Waals surface area contributed by atoms with Crippen molar-refractivity contribution >= 4 is 40.8 Å². The van der Waals surface area contributed by atoms with Crippen LogP contribution in [-0.2, 0) is 19.1 Å². The Morgan fingerprint density at radius 2 is 1.47 bits per heavy atom. The van der Waals surface area contributed by atoms with E-state index in [0.717, 1.165) is 0 Å². The first-order chi connectivity index (χ1) is 17.4. The summed E-state index contributed by atoms with van der Waals surface area (Å²) in [4.78, 5) is 36.2. The van der Waals surface area contributed by atoms with Gasteiger partial charge < -0.3 is 29.6 Å². The van der Waals surface area contributed by atoms with Crippen molar-refractivity contribution in [1.82, 2.24) is 0 Å². The fourth-order valence-electron chi connectivity index (χ4n) is 3.06. The molecular formula is C26H25ClN2O7. The highest BCUT2D eigenvalue weighted by Gasteiger charge is 2.13. The third-order valence-electron chi connectivity index (χ3n) is 4.79. The van der Waals surface area contributed by atoms with Crippen molar-refractivity contribution in [1.29, 1.82) is 0 Å². The number of hydrogen-bond acceptors (Lipinski definition) is 7. The van der Waals surface area contributed by atoms with Crippen LogP contribution in [0.15, 0.2) is 66.7 Å². The highest BCUT2D eigenvalue weighted by atomic mass is 35.5. The molecule has 2 amide bonds. The number of anilines is 2. The maximum Gasteiger partial charge on any atom is 0.306 e. The van der Waals surface area contributed by atoms with Gasteiger partial charge in [0.2, 0.25) is 5.91 Å². The van der Waals surface area contributed by atoms with Crippen LogP contribution in [0.4, 0.5) is 11.4 Å². The molecule has 0 bridgehead atoms. The zero-order valence-electron chi connectivity index (χ0n) is 19.7. The average molecular weight is 513 g/mol. The minimum absolute atomic E-state index is 0.109. The van der Waals surface area contributed by atoms with Crippen molar-refractivity contribution in [2.75, 3.05) is 31.5 Å². The molecular weight excluding hydrogens is 488 g/mol. The molecule has 3 aromatic rings. The topological polar surface area (TPSA) is 112 Å². The summed E-state index contributed by atoms with van der Waals surface area (Å²) in [6.45, 7) is -0.510. The Balaban J connectivity index is 1.40. The van der Waals surface area contributed by atoms with Crippen LogP contribution in [0.5, 0.6) is 23.0 Å². The first-order valence-corrected chi connectivity index (χ1v) is 11.3. The lowest BCUT2D eigenvalue weighted by molar-refractivity contribution is -0.147. The van der Waals surface area contributed by atoms with E-state index in [0.29, 0.717) is 39.4 Å². The summed E-state index contributed by atoms with van der Waals surface area (Å²) in [7, 11) is 3.01. The molecule has 10 heteroatoms. The van der Waals surface area contributed by atoms with Crippen LogP contribution >= 0.6 is 11.6 Å². The number of rotatable bonds is 11. The zero-order valence-corrected chi connectivity index (χ0v) is 20.5. The van der Waals surface area contributed by atoms with Crippen LogP contribution in [0.3, 0.4) is 0 Å². The smallest absolute Gasteiger partial charge is 0.306 e. The molecule has 0 saturated carbocycles. The van der Waals surface area contributed by atoms with Crippen molar-refractivity contribution in [2.45, 2.75) is 12.8 Å². The molecule has 0 aliphatic carbocycles. The fourth-order valence-corrected chi connectivity index (χ4v) is 3.23. The molecule has 9 nitrogen and oxygen atoms in total. The highest BCUT2D eigenvalue weighted by Crippen LogP contribution is 2.31. The van der Waals surface area contributed by atoms with E-state index >= 15 is 0 Å². The number of para-hydroxylation sites is 2. The summed E-state index contributed by atoms with van der Waals surface area (Å²) in [5, 5.41) is 5.66.